The Labute approximate surface area is 109 Å². The first-order valence-electron chi connectivity index (χ1n) is 4.62. The second kappa shape index (κ2) is 6.07. The summed E-state index contributed by atoms with van der Waals surface area (Å²) in [4.78, 5) is 21.6. The molecule has 0 spiro atoms. The molecule has 94 valence electrons. The second-order valence-corrected chi connectivity index (χ2v) is 3.85. The molecule has 1 aromatic rings. The van der Waals surface area contributed by atoms with Crippen molar-refractivity contribution in [2.75, 3.05) is 26.3 Å². The van der Waals surface area contributed by atoms with Crippen LogP contribution in [0.5, 0.6) is 0 Å². The monoisotopic (exact) mass is 278 g/mol. The molecule has 0 radical (unpaired) electrons. The van der Waals surface area contributed by atoms with Crippen LogP contribution < -0.4 is 5.06 Å². The van der Waals surface area contributed by atoms with Crippen molar-refractivity contribution in [1.29, 1.82) is 0 Å². The molecule has 0 saturated heterocycles. The first-order chi connectivity index (χ1) is 8.01. The van der Waals surface area contributed by atoms with Crippen LogP contribution >= 0.6 is 23.2 Å². The zero-order chi connectivity index (χ0) is 13.0. The quantitative estimate of drug-likeness (QED) is 0.799. The van der Waals surface area contributed by atoms with Gasteiger partial charge in [0.25, 0.3) is 0 Å². The summed E-state index contributed by atoms with van der Waals surface area (Å²) in [5.41, 5.74) is 0.454. The topological polar surface area (TPSA) is 42.0 Å². The van der Waals surface area contributed by atoms with E-state index in [1.807, 2.05) is 0 Å². The van der Waals surface area contributed by atoms with Crippen molar-refractivity contribution < 1.29 is 14.5 Å². The molecule has 0 aliphatic rings. The van der Waals surface area contributed by atoms with Gasteiger partial charge in [-0.3, -0.25) is 9.68 Å². The van der Waals surface area contributed by atoms with E-state index >= 15 is 0 Å². The maximum Gasteiger partial charge on any atom is 0.372 e. The lowest BCUT2D eigenvalue weighted by Gasteiger charge is -2.24. The van der Waals surface area contributed by atoms with Crippen LogP contribution in [0.1, 0.15) is 0 Å². The second-order valence-electron chi connectivity index (χ2n) is 3.04. The van der Waals surface area contributed by atoms with Gasteiger partial charge in [0.15, 0.2) is 0 Å². The highest BCUT2D eigenvalue weighted by molar-refractivity contribution is 6.42. The third-order valence-corrected chi connectivity index (χ3v) is 2.78. The Morgan fingerprint density at radius 2 is 1.82 bits per heavy atom. The Morgan fingerprint density at radius 3 is 2.29 bits per heavy atom. The molecule has 0 aliphatic heterocycles. The fraction of sp³-hybridized carbons (Fsp3) is 0.300. The molecule has 0 unspecified atom stereocenters. The number of hydroxylamine groups is 3. The molecule has 0 aliphatic carbocycles. The summed E-state index contributed by atoms with van der Waals surface area (Å²) < 4.78 is 0. The van der Waals surface area contributed by atoms with Crippen LogP contribution in [0.4, 0.5) is 10.5 Å². The zero-order valence-corrected chi connectivity index (χ0v) is 11.1. The fourth-order valence-electron chi connectivity index (χ4n) is 1.11. The maximum atomic E-state index is 11.8. The molecule has 0 N–H and O–H groups in total. The van der Waals surface area contributed by atoms with E-state index in [0.29, 0.717) is 15.7 Å². The highest BCUT2D eigenvalue weighted by atomic mass is 35.5. The van der Waals surface area contributed by atoms with E-state index in [9.17, 15) is 4.79 Å². The number of hydrogen-bond acceptors (Lipinski definition) is 3. The molecule has 0 saturated carbocycles. The Hall–Kier alpha value is -1.01. The van der Waals surface area contributed by atoms with Gasteiger partial charge in [-0.15, -0.1) is 0 Å². The van der Waals surface area contributed by atoms with Crippen molar-refractivity contribution >= 4 is 34.9 Å². The molecular formula is C10H12Cl2N2O3. The lowest BCUT2D eigenvalue weighted by atomic mass is 10.3. The molecule has 7 heteroatoms. The molecule has 1 rings (SSSR count). The highest BCUT2D eigenvalue weighted by Gasteiger charge is 2.20. The molecule has 2 amide bonds. The minimum Gasteiger partial charge on any atom is -0.273 e. The van der Waals surface area contributed by atoms with E-state index in [1.165, 1.54) is 27.3 Å². The normalized spacial score (nSPS) is 10.2. The molecule has 0 atom stereocenters. The van der Waals surface area contributed by atoms with Gasteiger partial charge in [0.2, 0.25) is 0 Å². The number of nitrogens with zero attached hydrogens (tertiary/aromatic N) is 2. The number of anilines is 1. The summed E-state index contributed by atoms with van der Waals surface area (Å²) >= 11 is 11.6. The molecular weight excluding hydrogens is 267 g/mol. The number of urea groups is 1. The van der Waals surface area contributed by atoms with Gasteiger partial charge in [-0.2, -0.15) is 5.06 Å². The number of hydrogen-bond donors (Lipinski definition) is 0. The Balaban J connectivity index is 3.01. The van der Waals surface area contributed by atoms with E-state index in [-0.39, 0.29) is 0 Å². The molecule has 1 aromatic carbocycles. The average Bonchev–Trinajstić information content (AvgIpc) is 2.33. The van der Waals surface area contributed by atoms with Crippen LogP contribution in [-0.4, -0.2) is 32.4 Å². The van der Waals surface area contributed by atoms with Gasteiger partial charge in [0.05, 0.1) is 30.0 Å². The Bertz CT molecular complexity index is 415. The van der Waals surface area contributed by atoms with Crippen molar-refractivity contribution in [2.45, 2.75) is 0 Å². The van der Waals surface area contributed by atoms with E-state index in [2.05, 4.69) is 0 Å². The SMILES string of the molecule is CON(C)C(=O)N(OC)c1ccc(Cl)c(Cl)c1. The average molecular weight is 279 g/mol. The first-order valence-corrected chi connectivity index (χ1v) is 5.38. The van der Waals surface area contributed by atoms with Crippen molar-refractivity contribution in [3.05, 3.63) is 28.2 Å². The van der Waals surface area contributed by atoms with E-state index < -0.39 is 6.03 Å². The largest absolute Gasteiger partial charge is 0.372 e. The van der Waals surface area contributed by atoms with Crippen molar-refractivity contribution in [3.8, 4) is 0 Å². The smallest absolute Gasteiger partial charge is 0.273 e. The standard InChI is InChI=1S/C10H12Cl2N2O3/c1-13(16-2)10(15)14(17-3)7-4-5-8(11)9(12)6-7/h4-6H,1-3H3. The molecule has 0 bridgehead atoms. The summed E-state index contributed by atoms with van der Waals surface area (Å²) in [6.45, 7) is 0. The molecule has 0 heterocycles. The van der Waals surface area contributed by atoms with Crippen LogP contribution in [-0.2, 0) is 9.68 Å². The first kappa shape index (κ1) is 14.1. The fourth-order valence-corrected chi connectivity index (χ4v) is 1.40. The van der Waals surface area contributed by atoms with Crippen LogP contribution in [0.2, 0.25) is 10.0 Å². The van der Waals surface area contributed by atoms with Crippen LogP contribution in [0, 0.1) is 0 Å². The van der Waals surface area contributed by atoms with Gasteiger partial charge in [-0.05, 0) is 18.2 Å². The molecule has 5 nitrogen and oxygen atoms in total. The van der Waals surface area contributed by atoms with Crippen LogP contribution in [0.15, 0.2) is 18.2 Å². The molecule has 17 heavy (non-hydrogen) atoms. The van der Waals surface area contributed by atoms with Crippen LogP contribution in [0.25, 0.3) is 0 Å². The van der Waals surface area contributed by atoms with Gasteiger partial charge in [-0.25, -0.2) is 9.86 Å². The van der Waals surface area contributed by atoms with Gasteiger partial charge in [0, 0.05) is 7.05 Å². The summed E-state index contributed by atoms with van der Waals surface area (Å²) in [5.74, 6) is 0. The predicted octanol–water partition coefficient (Wildman–Crippen LogP) is 2.97. The molecule has 0 aromatic heterocycles. The predicted molar refractivity (Wildman–Crippen MR) is 66.1 cm³/mol. The number of carbonyl (C=O) groups is 1. The number of halogens is 2. The number of carbonyl (C=O) groups excluding carboxylic acids is 1. The van der Waals surface area contributed by atoms with Gasteiger partial charge in [0.1, 0.15) is 0 Å². The highest BCUT2D eigenvalue weighted by Crippen LogP contribution is 2.27. The van der Waals surface area contributed by atoms with Gasteiger partial charge < -0.3 is 0 Å². The molecule has 0 fully saturated rings. The minimum atomic E-state index is -0.492. The van der Waals surface area contributed by atoms with Crippen LogP contribution in [0.3, 0.4) is 0 Å². The Morgan fingerprint density at radius 1 is 1.18 bits per heavy atom. The zero-order valence-electron chi connectivity index (χ0n) is 9.61. The number of benzene rings is 1. The van der Waals surface area contributed by atoms with E-state index in [0.717, 1.165) is 10.1 Å². The van der Waals surface area contributed by atoms with Gasteiger partial charge >= 0.3 is 6.03 Å². The summed E-state index contributed by atoms with van der Waals surface area (Å²) in [6.07, 6.45) is 0. The van der Waals surface area contributed by atoms with Crippen molar-refractivity contribution in [3.63, 3.8) is 0 Å². The lowest BCUT2D eigenvalue weighted by Crippen LogP contribution is -2.40. The van der Waals surface area contributed by atoms with E-state index in [4.69, 9.17) is 32.9 Å². The van der Waals surface area contributed by atoms with Crippen molar-refractivity contribution in [1.82, 2.24) is 5.06 Å². The summed E-state index contributed by atoms with van der Waals surface area (Å²) in [6, 6.07) is 4.22. The van der Waals surface area contributed by atoms with Crippen molar-refractivity contribution in [2.24, 2.45) is 0 Å². The third-order valence-electron chi connectivity index (χ3n) is 2.04. The van der Waals surface area contributed by atoms with E-state index in [1.54, 1.807) is 12.1 Å². The maximum absolute atomic E-state index is 11.8. The number of rotatable bonds is 3. The third kappa shape index (κ3) is 3.23. The lowest BCUT2D eigenvalue weighted by molar-refractivity contribution is -0.0696. The summed E-state index contributed by atoms with van der Waals surface area (Å²) in [5, 5.41) is 2.79. The van der Waals surface area contributed by atoms with Gasteiger partial charge in [-0.1, -0.05) is 23.2 Å². The minimum absolute atomic E-state index is 0.332. The Kier molecular flexibility index (Phi) is 5.02. The number of amides is 2. The summed E-state index contributed by atoms with van der Waals surface area (Å²) in [7, 11) is 4.20.